The Bertz CT molecular complexity index is 308. The molecule has 0 bridgehead atoms. The summed E-state index contributed by atoms with van der Waals surface area (Å²) in [5.74, 6) is 2.62. The first-order chi connectivity index (χ1) is 6.77. The van der Waals surface area contributed by atoms with Gasteiger partial charge in [-0.05, 0) is 24.5 Å². The molecular weight excluding hydrogens is 174 g/mol. The highest BCUT2D eigenvalue weighted by Crippen LogP contribution is 2.16. The molecule has 2 heteroatoms. The summed E-state index contributed by atoms with van der Waals surface area (Å²) in [5, 5.41) is 9.57. The number of hydrogen-bond acceptors (Lipinski definition) is 1. The van der Waals surface area contributed by atoms with E-state index < -0.39 is 0 Å². The lowest BCUT2D eigenvalue weighted by Gasteiger charge is -2.04. The van der Waals surface area contributed by atoms with Crippen LogP contribution in [0.1, 0.15) is 37.9 Å². The van der Waals surface area contributed by atoms with Crippen molar-refractivity contribution in [2.45, 2.75) is 38.8 Å². The second-order valence-electron chi connectivity index (χ2n) is 3.41. The molecule has 1 unspecified atom stereocenters. The summed E-state index contributed by atoms with van der Waals surface area (Å²) in [6.07, 6.45) is 11.4. The molecule has 2 nitrogen and oxygen atoms in total. The average molecular weight is 191 g/mol. The topological polar surface area (TPSA) is 25.2 Å². The molecule has 0 aliphatic rings. The molecule has 0 aromatic carbocycles. The third-order valence-corrected chi connectivity index (χ3v) is 2.28. The van der Waals surface area contributed by atoms with Crippen LogP contribution in [0, 0.1) is 12.3 Å². The number of aliphatic hydroxyl groups is 1. The Labute approximate surface area is 85.6 Å². The van der Waals surface area contributed by atoms with Gasteiger partial charge in [0.1, 0.15) is 0 Å². The first-order valence-corrected chi connectivity index (χ1v) is 5.05. The molecule has 0 aliphatic carbocycles. The fourth-order valence-electron chi connectivity index (χ4n) is 1.39. The van der Waals surface area contributed by atoms with Gasteiger partial charge in [0.05, 0.1) is 6.10 Å². The minimum absolute atomic E-state index is 0.330. The van der Waals surface area contributed by atoms with Crippen LogP contribution in [0.3, 0.4) is 0 Å². The van der Waals surface area contributed by atoms with Crippen LogP contribution in [-0.2, 0) is 6.54 Å². The summed E-state index contributed by atoms with van der Waals surface area (Å²) in [6, 6.07) is 1.96. The first-order valence-electron chi connectivity index (χ1n) is 5.05. The van der Waals surface area contributed by atoms with E-state index in [4.69, 9.17) is 6.42 Å². The normalized spacial score (nSPS) is 12.4. The van der Waals surface area contributed by atoms with Gasteiger partial charge >= 0.3 is 0 Å². The van der Waals surface area contributed by atoms with Gasteiger partial charge in [0.25, 0.3) is 0 Å². The molecule has 0 saturated carbocycles. The second-order valence-corrected chi connectivity index (χ2v) is 3.41. The molecule has 0 saturated heterocycles. The zero-order valence-electron chi connectivity index (χ0n) is 8.61. The molecule has 1 aromatic heterocycles. The van der Waals surface area contributed by atoms with Crippen LogP contribution in [0.5, 0.6) is 0 Å². The monoisotopic (exact) mass is 191 g/mol. The lowest BCUT2D eigenvalue weighted by atomic mass is 10.1. The van der Waals surface area contributed by atoms with Gasteiger partial charge in [0, 0.05) is 25.4 Å². The fourth-order valence-corrected chi connectivity index (χ4v) is 1.39. The third kappa shape index (κ3) is 2.93. The van der Waals surface area contributed by atoms with E-state index >= 15 is 0 Å². The Morgan fingerprint density at radius 1 is 1.64 bits per heavy atom. The van der Waals surface area contributed by atoms with Crippen molar-refractivity contribution in [3.05, 3.63) is 24.0 Å². The number of aromatic nitrogens is 1. The number of nitrogens with zero attached hydrogens (tertiary/aromatic N) is 1. The van der Waals surface area contributed by atoms with Gasteiger partial charge < -0.3 is 9.67 Å². The Kier molecular flexibility index (Phi) is 4.28. The highest BCUT2D eigenvalue weighted by molar-refractivity contribution is 5.13. The van der Waals surface area contributed by atoms with Crippen LogP contribution in [0.25, 0.3) is 0 Å². The SMILES string of the molecule is C#CCCCn1ccc(C(O)CC)c1. The number of terminal acetylenes is 1. The maximum Gasteiger partial charge on any atom is 0.0802 e. The Balaban J connectivity index is 2.47. The van der Waals surface area contributed by atoms with Gasteiger partial charge in [0.2, 0.25) is 0 Å². The quantitative estimate of drug-likeness (QED) is 0.561. The van der Waals surface area contributed by atoms with Crippen molar-refractivity contribution in [2.24, 2.45) is 0 Å². The Morgan fingerprint density at radius 3 is 3.07 bits per heavy atom. The number of unbranched alkanes of at least 4 members (excludes halogenated alkanes) is 1. The Morgan fingerprint density at radius 2 is 2.43 bits per heavy atom. The smallest absolute Gasteiger partial charge is 0.0802 e. The van der Waals surface area contributed by atoms with Crippen LogP contribution < -0.4 is 0 Å². The van der Waals surface area contributed by atoms with E-state index in [1.165, 1.54) is 0 Å². The van der Waals surface area contributed by atoms with E-state index in [1.54, 1.807) is 0 Å². The van der Waals surface area contributed by atoms with Gasteiger partial charge in [-0.15, -0.1) is 12.3 Å². The zero-order chi connectivity index (χ0) is 10.4. The van der Waals surface area contributed by atoms with E-state index in [2.05, 4.69) is 10.5 Å². The van der Waals surface area contributed by atoms with Crippen LogP contribution in [0.15, 0.2) is 18.5 Å². The van der Waals surface area contributed by atoms with Crippen LogP contribution >= 0.6 is 0 Å². The minimum Gasteiger partial charge on any atom is -0.388 e. The van der Waals surface area contributed by atoms with Crippen molar-refractivity contribution in [1.29, 1.82) is 0 Å². The van der Waals surface area contributed by atoms with Crippen molar-refractivity contribution in [2.75, 3.05) is 0 Å². The number of hydrogen-bond donors (Lipinski definition) is 1. The van der Waals surface area contributed by atoms with Crippen molar-refractivity contribution in [3.63, 3.8) is 0 Å². The molecule has 76 valence electrons. The number of aryl methyl sites for hydroxylation is 1. The largest absolute Gasteiger partial charge is 0.388 e. The van der Waals surface area contributed by atoms with E-state index in [0.717, 1.165) is 31.4 Å². The van der Waals surface area contributed by atoms with Gasteiger partial charge in [-0.2, -0.15) is 0 Å². The molecule has 1 N–H and O–H groups in total. The second kappa shape index (κ2) is 5.51. The third-order valence-electron chi connectivity index (χ3n) is 2.28. The minimum atomic E-state index is -0.330. The molecule has 1 atom stereocenters. The summed E-state index contributed by atoms with van der Waals surface area (Å²) in [7, 11) is 0. The van der Waals surface area contributed by atoms with Crippen molar-refractivity contribution >= 4 is 0 Å². The predicted molar refractivity (Wildman–Crippen MR) is 57.7 cm³/mol. The van der Waals surface area contributed by atoms with Crippen molar-refractivity contribution in [3.8, 4) is 12.3 Å². The van der Waals surface area contributed by atoms with E-state index in [0.29, 0.717) is 0 Å². The summed E-state index contributed by atoms with van der Waals surface area (Å²) >= 11 is 0. The molecule has 0 fully saturated rings. The fraction of sp³-hybridized carbons (Fsp3) is 0.500. The summed E-state index contributed by atoms with van der Waals surface area (Å²) in [4.78, 5) is 0. The maximum absolute atomic E-state index is 9.57. The molecule has 0 amide bonds. The van der Waals surface area contributed by atoms with Gasteiger partial charge in [-0.1, -0.05) is 6.92 Å². The van der Waals surface area contributed by atoms with Gasteiger partial charge in [-0.25, -0.2) is 0 Å². The standard InChI is InChI=1S/C12H17NO/c1-3-5-6-8-13-9-7-11(10-13)12(14)4-2/h1,7,9-10,12,14H,4-6,8H2,2H3. The average Bonchev–Trinajstić information content (AvgIpc) is 2.66. The lowest BCUT2D eigenvalue weighted by Crippen LogP contribution is -1.95. The summed E-state index contributed by atoms with van der Waals surface area (Å²) < 4.78 is 2.07. The summed E-state index contributed by atoms with van der Waals surface area (Å²) in [6.45, 7) is 2.90. The first kappa shape index (κ1) is 10.9. The maximum atomic E-state index is 9.57. The molecule has 0 spiro atoms. The predicted octanol–water partition coefficient (Wildman–Crippen LogP) is 2.34. The van der Waals surface area contributed by atoms with Crippen molar-refractivity contribution < 1.29 is 5.11 Å². The van der Waals surface area contributed by atoms with E-state index in [1.807, 2.05) is 25.4 Å². The highest BCUT2D eigenvalue weighted by atomic mass is 16.3. The Hall–Kier alpha value is -1.20. The van der Waals surface area contributed by atoms with Crippen LogP contribution in [-0.4, -0.2) is 9.67 Å². The van der Waals surface area contributed by atoms with E-state index in [9.17, 15) is 5.11 Å². The molecule has 1 heterocycles. The molecule has 0 radical (unpaired) electrons. The zero-order valence-corrected chi connectivity index (χ0v) is 8.61. The molecular formula is C12H17NO. The van der Waals surface area contributed by atoms with Gasteiger partial charge in [-0.3, -0.25) is 0 Å². The molecule has 0 aliphatic heterocycles. The van der Waals surface area contributed by atoms with Crippen LogP contribution in [0.4, 0.5) is 0 Å². The van der Waals surface area contributed by atoms with Gasteiger partial charge in [0.15, 0.2) is 0 Å². The number of rotatable bonds is 5. The lowest BCUT2D eigenvalue weighted by molar-refractivity contribution is 0.173. The number of aliphatic hydroxyl groups excluding tert-OH is 1. The van der Waals surface area contributed by atoms with Crippen molar-refractivity contribution in [1.82, 2.24) is 4.57 Å². The van der Waals surface area contributed by atoms with Crippen LogP contribution in [0.2, 0.25) is 0 Å². The van der Waals surface area contributed by atoms with E-state index in [-0.39, 0.29) is 6.10 Å². The highest BCUT2D eigenvalue weighted by Gasteiger charge is 2.05. The molecule has 1 rings (SSSR count). The molecule has 14 heavy (non-hydrogen) atoms. The summed E-state index contributed by atoms with van der Waals surface area (Å²) in [5.41, 5.74) is 0.994. The molecule has 1 aromatic rings.